The van der Waals surface area contributed by atoms with Gasteiger partial charge in [0.2, 0.25) is 5.91 Å². The van der Waals surface area contributed by atoms with Crippen molar-refractivity contribution in [2.45, 2.75) is 20.3 Å². The number of hydrogen-bond donors (Lipinski definition) is 1. The van der Waals surface area contributed by atoms with Gasteiger partial charge in [-0.05, 0) is 49.7 Å². The molecule has 10 nitrogen and oxygen atoms in total. The molecule has 0 unspecified atom stereocenters. The topological polar surface area (TPSA) is 104 Å². The summed E-state index contributed by atoms with van der Waals surface area (Å²) in [4.78, 5) is 26.3. The van der Waals surface area contributed by atoms with Gasteiger partial charge < -0.3 is 19.8 Å². The highest BCUT2D eigenvalue weighted by Gasteiger charge is 2.31. The summed E-state index contributed by atoms with van der Waals surface area (Å²) in [5.41, 5.74) is 6.18. The number of likely N-dealkylation sites (tertiary alicyclic amines) is 1. The molecule has 2 fully saturated rings. The van der Waals surface area contributed by atoms with Crippen molar-refractivity contribution in [1.82, 2.24) is 24.4 Å². The van der Waals surface area contributed by atoms with E-state index in [0.717, 1.165) is 60.9 Å². The fourth-order valence-electron chi connectivity index (χ4n) is 5.88. The third-order valence-corrected chi connectivity index (χ3v) is 9.43. The van der Waals surface area contributed by atoms with Gasteiger partial charge in [-0.15, -0.1) is 0 Å². The van der Waals surface area contributed by atoms with Crippen LogP contribution in [0.15, 0.2) is 36.4 Å². The third kappa shape index (κ3) is 5.56. The van der Waals surface area contributed by atoms with Crippen LogP contribution < -0.4 is 9.80 Å². The van der Waals surface area contributed by atoms with Crippen molar-refractivity contribution in [3.05, 3.63) is 58.5 Å². The van der Waals surface area contributed by atoms with E-state index in [4.69, 9.17) is 10.1 Å². The first-order valence-electron chi connectivity index (χ1n) is 14.6. The first-order chi connectivity index (χ1) is 20.8. The summed E-state index contributed by atoms with van der Waals surface area (Å²) < 4.78 is 15.5. The van der Waals surface area contributed by atoms with Crippen LogP contribution in [0.2, 0.25) is 0 Å². The van der Waals surface area contributed by atoms with Crippen molar-refractivity contribution >= 4 is 39.3 Å². The van der Waals surface area contributed by atoms with Crippen LogP contribution in [0.25, 0.3) is 16.8 Å². The predicted octanol–water partition coefficient (Wildman–Crippen LogP) is 3.68. The van der Waals surface area contributed by atoms with E-state index in [-0.39, 0.29) is 24.2 Å². The molecule has 0 saturated carbocycles. The van der Waals surface area contributed by atoms with Crippen molar-refractivity contribution in [1.29, 1.82) is 5.26 Å². The van der Waals surface area contributed by atoms with Crippen LogP contribution in [0.1, 0.15) is 23.2 Å². The van der Waals surface area contributed by atoms with E-state index in [2.05, 4.69) is 41.8 Å². The molecule has 43 heavy (non-hydrogen) atoms. The maximum atomic E-state index is 13.5. The zero-order chi connectivity index (χ0) is 30.2. The number of amides is 1. The Balaban J connectivity index is 1.24. The number of nitrogens with zero attached hydrogens (tertiary/aromatic N) is 8. The molecule has 1 N–H and O–H groups in total. The average Bonchev–Trinajstić information content (AvgIpc) is 3.59. The Morgan fingerprint density at radius 3 is 2.56 bits per heavy atom. The first kappa shape index (κ1) is 29.0. The molecule has 1 aromatic carbocycles. The van der Waals surface area contributed by atoms with Crippen LogP contribution in [-0.2, 0) is 11.2 Å². The molecule has 0 aliphatic carbocycles. The van der Waals surface area contributed by atoms with E-state index >= 15 is 0 Å². The molecule has 224 valence electrons. The average molecular weight is 603 g/mol. The second-order valence-corrected chi connectivity index (χ2v) is 12.2. The predicted molar refractivity (Wildman–Crippen MR) is 165 cm³/mol. The van der Waals surface area contributed by atoms with Crippen LogP contribution in [0.4, 0.5) is 20.9 Å². The highest BCUT2D eigenvalue weighted by atomic mass is 32.1. The Hall–Kier alpha value is -4.05. The molecule has 0 bridgehead atoms. The summed E-state index contributed by atoms with van der Waals surface area (Å²) in [6.45, 7) is 9.20. The van der Waals surface area contributed by atoms with Gasteiger partial charge in [0.05, 0.1) is 23.4 Å². The van der Waals surface area contributed by atoms with Gasteiger partial charge in [-0.25, -0.2) is 13.9 Å². The number of aliphatic hydroxyl groups is 1. The fraction of sp³-hybridized carbons (Fsp3) is 0.419. The summed E-state index contributed by atoms with van der Waals surface area (Å²) in [7, 11) is 1.95. The number of aryl methyl sites for hydroxylation is 2. The number of rotatable bonds is 8. The summed E-state index contributed by atoms with van der Waals surface area (Å²) in [6, 6.07) is 12.6. The molecule has 4 aromatic rings. The van der Waals surface area contributed by atoms with Gasteiger partial charge in [0.15, 0.2) is 5.13 Å². The van der Waals surface area contributed by atoms with E-state index in [1.54, 1.807) is 12.1 Å². The van der Waals surface area contributed by atoms with Gasteiger partial charge in [-0.2, -0.15) is 10.4 Å². The zero-order valence-corrected chi connectivity index (χ0v) is 25.4. The number of aliphatic hydroxyl groups excluding tert-OH is 1. The molecule has 3 aromatic heterocycles. The van der Waals surface area contributed by atoms with E-state index in [9.17, 15) is 19.6 Å². The van der Waals surface area contributed by atoms with Crippen molar-refractivity contribution in [3.63, 3.8) is 0 Å². The van der Waals surface area contributed by atoms with Gasteiger partial charge >= 0.3 is 0 Å². The first-order valence-corrected chi connectivity index (χ1v) is 15.4. The number of pyridine rings is 1. The number of hydrogen-bond acceptors (Lipinski definition) is 9. The number of thiazole rings is 1. The van der Waals surface area contributed by atoms with E-state index in [0.29, 0.717) is 40.9 Å². The largest absolute Gasteiger partial charge is 0.396 e. The Labute approximate surface area is 254 Å². The van der Waals surface area contributed by atoms with Crippen molar-refractivity contribution < 1.29 is 14.3 Å². The standard InChI is InChI=1S/C31H35FN8O2S/c1-4-25-30(36(3)31-34-29(27(15-33)43-31)22-5-7-23(32)8-6-22)26-14-24(13-20(2)40(26)35-25)38-11-9-37(10-12-38)18-28(42)39-16-21(17-39)19-41/h5-8,13-14,21,41H,4,9-12,16-19H2,1-3H3. The smallest absolute Gasteiger partial charge is 0.236 e. The second kappa shape index (κ2) is 11.9. The summed E-state index contributed by atoms with van der Waals surface area (Å²) >= 11 is 1.31. The number of aromatic nitrogens is 3. The minimum atomic E-state index is -0.335. The lowest BCUT2D eigenvalue weighted by Gasteiger charge is -2.41. The SMILES string of the molecule is CCc1nn2c(C)cc(N3CCN(CC(=O)N4CC(CO)C4)CC3)cc2c1N(C)c1nc(-c2ccc(F)cc2)c(C#N)s1. The minimum absolute atomic E-state index is 0.138. The number of piperazine rings is 1. The molecule has 2 aliphatic rings. The maximum absolute atomic E-state index is 13.5. The molecule has 1 amide bonds. The van der Waals surface area contributed by atoms with Crippen LogP contribution in [0, 0.1) is 30.0 Å². The molecular formula is C31H35FN8O2S. The van der Waals surface area contributed by atoms with Crippen LogP contribution in [-0.4, -0.2) is 94.9 Å². The minimum Gasteiger partial charge on any atom is -0.396 e. The fourth-order valence-corrected chi connectivity index (χ4v) is 6.74. The molecule has 2 aliphatic heterocycles. The van der Waals surface area contributed by atoms with Crippen LogP contribution >= 0.6 is 11.3 Å². The van der Waals surface area contributed by atoms with Gasteiger partial charge in [-0.3, -0.25) is 9.69 Å². The summed E-state index contributed by atoms with van der Waals surface area (Å²) in [5.74, 6) is 0.0257. The second-order valence-electron chi connectivity index (χ2n) is 11.3. The summed E-state index contributed by atoms with van der Waals surface area (Å²) in [6.07, 6.45) is 0.722. The lowest BCUT2D eigenvalue weighted by atomic mass is 10.0. The number of carbonyl (C=O) groups is 1. The zero-order valence-electron chi connectivity index (χ0n) is 24.6. The molecule has 0 spiro atoms. The maximum Gasteiger partial charge on any atom is 0.236 e. The van der Waals surface area contributed by atoms with Crippen molar-refractivity contribution in [2.24, 2.45) is 5.92 Å². The quantitative estimate of drug-likeness (QED) is 0.326. The lowest BCUT2D eigenvalue weighted by molar-refractivity contribution is -0.139. The highest BCUT2D eigenvalue weighted by Crippen LogP contribution is 2.39. The summed E-state index contributed by atoms with van der Waals surface area (Å²) in [5, 5.41) is 24.7. The lowest BCUT2D eigenvalue weighted by Crippen LogP contribution is -2.56. The Morgan fingerprint density at radius 1 is 1.19 bits per heavy atom. The van der Waals surface area contributed by atoms with Gasteiger partial charge in [0.1, 0.15) is 22.5 Å². The Kier molecular flexibility index (Phi) is 8.05. The van der Waals surface area contributed by atoms with E-state index in [1.165, 1.54) is 23.5 Å². The molecule has 0 radical (unpaired) electrons. The number of carbonyl (C=O) groups excluding carboxylic acids is 1. The molecule has 2 saturated heterocycles. The van der Waals surface area contributed by atoms with E-state index in [1.807, 2.05) is 21.4 Å². The highest BCUT2D eigenvalue weighted by molar-refractivity contribution is 7.16. The molecule has 5 heterocycles. The van der Waals surface area contributed by atoms with E-state index < -0.39 is 0 Å². The molecule has 0 atom stereocenters. The molecular weight excluding hydrogens is 567 g/mol. The van der Waals surface area contributed by atoms with Crippen molar-refractivity contribution in [3.8, 4) is 17.3 Å². The Bertz CT molecular complexity index is 1680. The van der Waals surface area contributed by atoms with Crippen molar-refractivity contribution in [2.75, 3.05) is 69.3 Å². The number of benzene rings is 1. The molecule has 6 rings (SSSR count). The van der Waals surface area contributed by atoms with Crippen LogP contribution in [0.5, 0.6) is 0 Å². The molecule has 12 heteroatoms. The van der Waals surface area contributed by atoms with Crippen LogP contribution in [0.3, 0.4) is 0 Å². The number of anilines is 3. The number of nitriles is 1. The number of fused-ring (bicyclic) bond motifs is 1. The van der Waals surface area contributed by atoms with Gasteiger partial charge in [0.25, 0.3) is 0 Å². The van der Waals surface area contributed by atoms with Gasteiger partial charge in [0, 0.05) is 75.8 Å². The normalized spacial score (nSPS) is 16.0. The Morgan fingerprint density at radius 2 is 1.91 bits per heavy atom. The third-order valence-electron chi connectivity index (χ3n) is 8.40. The number of halogens is 1. The van der Waals surface area contributed by atoms with Gasteiger partial charge in [-0.1, -0.05) is 18.3 Å². The monoisotopic (exact) mass is 602 g/mol.